The number of hydrogen-bond acceptors (Lipinski definition) is 5. The van der Waals surface area contributed by atoms with E-state index in [1.807, 2.05) is 0 Å². The van der Waals surface area contributed by atoms with Gasteiger partial charge in [-0.3, -0.25) is 5.41 Å². The molecule has 0 atom stereocenters. The summed E-state index contributed by atoms with van der Waals surface area (Å²) in [5.74, 6) is 0.709. The molecule has 1 aliphatic heterocycles. The van der Waals surface area contributed by atoms with Crippen molar-refractivity contribution in [1.29, 1.82) is 5.41 Å². The van der Waals surface area contributed by atoms with Crippen molar-refractivity contribution in [3.8, 4) is 0 Å². The second-order valence-electron chi connectivity index (χ2n) is 4.29. The second-order valence-corrected chi connectivity index (χ2v) is 4.29. The normalized spacial score (nSPS) is 17.8. The van der Waals surface area contributed by atoms with Gasteiger partial charge in [-0.1, -0.05) is 0 Å². The van der Waals surface area contributed by atoms with Gasteiger partial charge in [0.05, 0.1) is 0 Å². The molecule has 2 heterocycles. The summed E-state index contributed by atoms with van der Waals surface area (Å²) >= 11 is 0. The van der Waals surface area contributed by atoms with Gasteiger partial charge in [-0.15, -0.1) is 0 Å². The molecule has 0 spiro atoms. The number of nitrogen functional groups attached to an aromatic ring is 1. The second kappa shape index (κ2) is 5.09. The van der Waals surface area contributed by atoms with E-state index in [-0.39, 0.29) is 5.84 Å². The van der Waals surface area contributed by atoms with Gasteiger partial charge in [0.1, 0.15) is 11.5 Å². The fourth-order valence-electron chi connectivity index (χ4n) is 2.01. The van der Waals surface area contributed by atoms with E-state index in [1.165, 1.54) is 0 Å². The number of hydrogen-bond donors (Lipinski definition) is 2. The highest BCUT2D eigenvalue weighted by molar-refractivity contribution is 5.97. The predicted molar refractivity (Wildman–Crippen MR) is 67.4 cm³/mol. The molecule has 0 aliphatic carbocycles. The average molecular weight is 234 g/mol. The number of aromatic nitrogens is 2. The molecule has 0 aromatic carbocycles. The largest absolute Gasteiger partial charge is 0.382 e. The third-order valence-electron chi connectivity index (χ3n) is 2.95. The van der Waals surface area contributed by atoms with E-state index in [2.05, 4.69) is 26.8 Å². The first-order valence-electron chi connectivity index (χ1n) is 5.77. The van der Waals surface area contributed by atoms with E-state index >= 15 is 0 Å². The molecule has 1 aromatic rings. The Labute approximate surface area is 101 Å². The van der Waals surface area contributed by atoms with Crippen LogP contribution in [-0.4, -0.2) is 53.9 Å². The summed E-state index contributed by atoms with van der Waals surface area (Å²) in [6, 6.07) is 0. The molecule has 6 nitrogen and oxygen atoms in total. The van der Waals surface area contributed by atoms with Crippen LogP contribution in [0.4, 0.5) is 5.82 Å². The molecule has 1 saturated heterocycles. The number of anilines is 1. The zero-order chi connectivity index (χ0) is 12.3. The number of nitrogens with zero attached hydrogens (tertiary/aromatic N) is 4. The first-order chi connectivity index (χ1) is 8.18. The fourth-order valence-corrected chi connectivity index (χ4v) is 2.01. The van der Waals surface area contributed by atoms with Crippen LogP contribution in [0.25, 0.3) is 0 Å². The minimum absolute atomic E-state index is 0.0225. The molecule has 1 fully saturated rings. The van der Waals surface area contributed by atoms with Crippen LogP contribution in [0, 0.1) is 5.41 Å². The van der Waals surface area contributed by atoms with Crippen LogP contribution in [-0.2, 0) is 0 Å². The van der Waals surface area contributed by atoms with Gasteiger partial charge in [0.2, 0.25) is 0 Å². The summed E-state index contributed by atoms with van der Waals surface area (Å²) < 4.78 is 0. The van der Waals surface area contributed by atoms with Gasteiger partial charge in [0.15, 0.2) is 5.82 Å². The topological polar surface area (TPSA) is 82.1 Å². The summed E-state index contributed by atoms with van der Waals surface area (Å²) in [5.41, 5.74) is 6.01. The van der Waals surface area contributed by atoms with Crippen LogP contribution in [0.3, 0.4) is 0 Å². The fraction of sp³-hybridized carbons (Fsp3) is 0.545. The SMILES string of the molecule is CN1CCCN(c2nccnc2C(=N)N)CC1. The van der Waals surface area contributed by atoms with Gasteiger partial charge in [-0.05, 0) is 20.0 Å². The lowest BCUT2D eigenvalue weighted by molar-refractivity contribution is 0.360. The van der Waals surface area contributed by atoms with Crippen molar-refractivity contribution in [2.75, 3.05) is 38.1 Å². The van der Waals surface area contributed by atoms with Crippen LogP contribution in [0.5, 0.6) is 0 Å². The number of amidine groups is 1. The van der Waals surface area contributed by atoms with E-state index in [0.717, 1.165) is 38.4 Å². The Balaban J connectivity index is 2.24. The van der Waals surface area contributed by atoms with Gasteiger partial charge in [-0.25, -0.2) is 9.97 Å². The standard InChI is InChI=1S/C11H18N6/c1-16-5-2-6-17(8-7-16)11-9(10(12)13)14-3-4-15-11/h3-4H,2,5-8H2,1H3,(H3,12,13). The van der Waals surface area contributed by atoms with Gasteiger partial charge < -0.3 is 15.5 Å². The number of nitrogens with two attached hydrogens (primary N) is 1. The van der Waals surface area contributed by atoms with Gasteiger partial charge in [0, 0.05) is 32.0 Å². The zero-order valence-electron chi connectivity index (χ0n) is 10.1. The van der Waals surface area contributed by atoms with Crippen LogP contribution in [0.1, 0.15) is 12.1 Å². The smallest absolute Gasteiger partial charge is 0.158 e. The van der Waals surface area contributed by atoms with Crippen molar-refractivity contribution in [1.82, 2.24) is 14.9 Å². The van der Waals surface area contributed by atoms with Crippen molar-refractivity contribution in [3.05, 3.63) is 18.1 Å². The molecule has 0 radical (unpaired) electrons. The van der Waals surface area contributed by atoms with Gasteiger partial charge in [-0.2, -0.15) is 0 Å². The first kappa shape index (κ1) is 11.8. The summed E-state index contributed by atoms with van der Waals surface area (Å²) in [6.45, 7) is 3.92. The minimum atomic E-state index is -0.0225. The molecule has 0 amide bonds. The number of rotatable bonds is 2. The molecule has 3 N–H and O–H groups in total. The van der Waals surface area contributed by atoms with Crippen LogP contribution in [0.15, 0.2) is 12.4 Å². The maximum Gasteiger partial charge on any atom is 0.158 e. The molecule has 0 unspecified atom stereocenters. The lowest BCUT2D eigenvalue weighted by Crippen LogP contribution is -2.32. The summed E-state index contributed by atoms with van der Waals surface area (Å²) in [7, 11) is 2.12. The van der Waals surface area contributed by atoms with E-state index in [1.54, 1.807) is 12.4 Å². The maximum atomic E-state index is 7.53. The highest BCUT2D eigenvalue weighted by Crippen LogP contribution is 2.16. The van der Waals surface area contributed by atoms with Crippen LogP contribution in [0.2, 0.25) is 0 Å². The Morgan fingerprint density at radius 2 is 2.00 bits per heavy atom. The molecule has 0 saturated carbocycles. The highest BCUT2D eigenvalue weighted by atomic mass is 15.2. The third kappa shape index (κ3) is 2.71. The Kier molecular flexibility index (Phi) is 3.53. The van der Waals surface area contributed by atoms with Gasteiger partial charge in [0.25, 0.3) is 0 Å². The highest BCUT2D eigenvalue weighted by Gasteiger charge is 2.18. The van der Waals surface area contributed by atoms with E-state index in [4.69, 9.17) is 11.1 Å². The first-order valence-corrected chi connectivity index (χ1v) is 5.77. The third-order valence-corrected chi connectivity index (χ3v) is 2.95. The number of likely N-dealkylation sites (N-methyl/N-ethyl adjacent to an activating group) is 1. The molecule has 6 heteroatoms. The molecular weight excluding hydrogens is 216 g/mol. The predicted octanol–water partition coefficient (Wildman–Crippen LogP) is -0.0974. The quantitative estimate of drug-likeness (QED) is 0.551. The molecule has 0 bridgehead atoms. The molecular formula is C11H18N6. The monoisotopic (exact) mass is 234 g/mol. The maximum absolute atomic E-state index is 7.53. The lowest BCUT2D eigenvalue weighted by atomic mass is 10.3. The van der Waals surface area contributed by atoms with Crippen molar-refractivity contribution in [2.24, 2.45) is 5.73 Å². The Morgan fingerprint density at radius 3 is 2.76 bits per heavy atom. The Hall–Kier alpha value is -1.69. The molecule has 1 aliphatic rings. The van der Waals surface area contributed by atoms with E-state index in [9.17, 15) is 0 Å². The van der Waals surface area contributed by atoms with Crippen molar-refractivity contribution >= 4 is 11.7 Å². The Bertz CT molecular complexity index is 405. The van der Waals surface area contributed by atoms with Crippen LogP contribution >= 0.6 is 0 Å². The van der Waals surface area contributed by atoms with Crippen molar-refractivity contribution in [3.63, 3.8) is 0 Å². The Morgan fingerprint density at radius 1 is 1.24 bits per heavy atom. The molecule has 2 rings (SSSR count). The zero-order valence-corrected chi connectivity index (χ0v) is 10.1. The summed E-state index contributed by atoms with van der Waals surface area (Å²) in [6.07, 6.45) is 4.31. The summed E-state index contributed by atoms with van der Waals surface area (Å²) in [5, 5.41) is 7.53. The lowest BCUT2D eigenvalue weighted by Gasteiger charge is -2.22. The minimum Gasteiger partial charge on any atom is -0.382 e. The van der Waals surface area contributed by atoms with E-state index < -0.39 is 0 Å². The molecule has 92 valence electrons. The summed E-state index contributed by atoms with van der Waals surface area (Å²) in [4.78, 5) is 12.9. The number of nitrogens with one attached hydrogen (secondary N) is 1. The van der Waals surface area contributed by atoms with Crippen LogP contribution < -0.4 is 10.6 Å². The van der Waals surface area contributed by atoms with Crippen molar-refractivity contribution in [2.45, 2.75) is 6.42 Å². The van der Waals surface area contributed by atoms with E-state index in [0.29, 0.717) is 5.69 Å². The van der Waals surface area contributed by atoms with Crippen molar-refractivity contribution < 1.29 is 0 Å². The molecule has 1 aromatic heterocycles. The average Bonchev–Trinajstić information content (AvgIpc) is 2.54. The van der Waals surface area contributed by atoms with Gasteiger partial charge >= 0.3 is 0 Å². The molecule has 17 heavy (non-hydrogen) atoms.